The predicted octanol–water partition coefficient (Wildman–Crippen LogP) is 3.90. The van der Waals surface area contributed by atoms with Gasteiger partial charge < -0.3 is 9.30 Å². The lowest BCUT2D eigenvalue weighted by atomic mass is 10.2. The van der Waals surface area contributed by atoms with Crippen molar-refractivity contribution in [2.45, 2.75) is 6.61 Å². The van der Waals surface area contributed by atoms with Crippen LogP contribution >= 0.6 is 0 Å². The van der Waals surface area contributed by atoms with E-state index in [1.165, 1.54) is 6.07 Å². The molecule has 0 aliphatic rings. The number of halogens is 1. The van der Waals surface area contributed by atoms with Crippen molar-refractivity contribution in [3.05, 3.63) is 66.1 Å². The smallest absolute Gasteiger partial charge is 0.132 e. The Morgan fingerprint density at radius 3 is 2.63 bits per heavy atom. The van der Waals surface area contributed by atoms with E-state index in [1.54, 1.807) is 6.07 Å². The lowest BCUT2D eigenvalue weighted by Gasteiger charge is -2.05. The first kappa shape index (κ1) is 11.8. The zero-order valence-electron chi connectivity index (χ0n) is 10.6. The van der Waals surface area contributed by atoms with Crippen LogP contribution in [0.1, 0.15) is 5.56 Å². The van der Waals surface area contributed by atoms with Gasteiger partial charge in [-0.05, 0) is 24.3 Å². The van der Waals surface area contributed by atoms with Crippen LogP contribution < -0.4 is 4.74 Å². The fraction of sp³-hybridized carbons (Fsp3) is 0.125. The molecular weight excluding hydrogens is 241 g/mol. The average Bonchev–Trinajstić information content (AvgIpc) is 2.76. The summed E-state index contributed by atoms with van der Waals surface area (Å²) < 4.78 is 21.5. The molecule has 1 aromatic heterocycles. The van der Waals surface area contributed by atoms with Crippen LogP contribution in [-0.2, 0) is 13.7 Å². The highest BCUT2D eigenvalue weighted by atomic mass is 19.1. The van der Waals surface area contributed by atoms with Crippen LogP contribution in [0, 0.1) is 5.82 Å². The molecule has 2 nitrogen and oxygen atoms in total. The molecule has 3 heteroatoms. The number of benzene rings is 2. The van der Waals surface area contributed by atoms with E-state index in [1.807, 2.05) is 54.2 Å². The van der Waals surface area contributed by atoms with Crippen molar-refractivity contribution in [2.75, 3.05) is 0 Å². The summed E-state index contributed by atoms with van der Waals surface area (Å²) in [6.45, 7) is 0.363. The minimum absolute atomic E-state index is 0.204. The maximum absolute atomic E-state index is 13.9. The van der Waals surface area contributed by atoms with E-state index in [4.69, 9.17) is 4.74 Å². The summed E-state index contributed by atoms with van der Waals surface area (Å²) in [6, 6.07) is 14.7. The summed E-state index contributed by atoms with van der Waals surface area (Å²) in [5.41, 5.74) is 1.74. The third-order valence-electron chi connectivity index (χ3n) is 3.18. The molecule has 0 bridgehead atoms. The van der Waals surface area contributed by atoms with Crippen molar-refractivity contribution >= 4 is 10.9 Å². The van der Waals surface area contributed by atoms with Gasteiger partial charge in [-0.25, -0.2) is 4.39 Å². The largest absolute Gasteiger partial charge is 0.489 e. The molecular formula is C16H14FNO. The Balaban J connectivity index is 1.93. The van der Waals surface area contributed by atoms with Crippen molar-refractivity contribution in [1.29, 1.82) is 0 Å². The molecule has 0 radical (unpaired) electrons. The van der Waals surface area contributed by atoms with E-state index in [0.717, 1.165) is 16.8 Å². The first-order valence-electron chi connectivity index (χ1n) is 6.16. The molecule has 1 heterocycles. The van der Waals surface area contributed by atoms with Crippen molar-refractivity contribution < 1.29 is 9.13 Å². The Morgan fingerprint density at radius 1 is 1.05 bits per heavy atom. The second-order valence-electron chi connectivity index (χ2n) is 4.50. The Kier molecular flexibility index (Phi) is 2.95. The number of aromatic nitrogens is 1. The molecule has 0 fully saturated rings. The van der Waals surface area contributed by atoms with Gasteiger partial charge >= 0.3 is 0 Å². The molecule has 3 rings (SSSR count). The lowest BCUT2D eigenvalue weighted by Crippen LogP contribution is -1.95. The van der Waals surface area contributed by atoms with Gasteiger partial charge in [0.05, 0.1) is 5.52 Å². The molecule has 0 unspecified atom stereocenters. The van der Waals surface area contributed by atoms with E-state index in [0.29, 0.717) is 12.0 Å². The number of rotatable bonds is 3. The van der Waals surface area contributed by atoms with Crippen LogP contribution in [-0.4, -0.2) is 4.57 Å². The van der Waals surface area contributed by atoms with Crippen molar-refractivity contribution in [2.24, 2.45) is 7.05 Å². The third kappa shape index (κ3) is 2.19. The van der Waals surface area contributed by atoms with Gasteiger partial charge in [0.15, 0.2) is 0 Å². The van der Waals surface area contributed by atoms with Crippen molar-refractivity contribution in [1.82, 2.24) is 4.57 Å². The molecule has 19 heavy (non-hydrogen) atoms. The topological polar surface area (TPSA) is 14.2 Å². The molecule has 0 saturated heterocycles. The van der Waals surface area contributed by atoms with E-state index in [-0.39, 0.29) is 5.82 Å². The molecule has 0 N–H and O–H groups in total. The highest BCUT2D eigenvalue weighted by Gasteiger charge is 2.11. The lowest BCUT2D eigenvalue weighted by molar-refractivity contribution is 0.307. The summed E-state index contributed by atoms with van der Waals surface area (Å²) in [5.74, 6) is 0.584. The summed E-state index contributed by atoms with van der Waals surface area (Å²) in [4.78, 5) is 0. The Morgan fingerprint density at radius 2 is 1.84 bits per heavy atom. The quantitative estimate of drug-likeness (QED) is 0.692. The highest BCUT2D eigenvalue weighted by Crippen LogP contribution is 2.24. The number of nitrogens with zero attached hydrogens (tertiary/aromatic N) is 1. The van der Waals surface area contributed by atoms with Gasteiger partial charge in [0.1, 0.15) is 18.2 Å². The van der Waals surface area contributed by atoms with Gasteiger partial charge in [-0.15, -0.1) is 0 Å². The van der Waals surface area contributed by atoms with Crippen molar-refractivity contribution in [3.8, 4) is 5.75 Å². The molecule has 0 atom stereocenters. The number of fused-ring (bicyclic) bond motifs is 1. The molecule has 0 aliphatic heterocycles. The van der Waals surface area contributed by atoms with Gasteiger partial charge in [-0.3, -0.25) is 0 Å². The van der Waals surface area contributed by atoms with Crippen LogP contribution in [0.3, 0.4) is 0 Å². The second kappa shape index (κ2) is 4.76. The molecule has 0 spiro atoms. The van der Waals surface area contributed by atoms with Crippen LogP contribution in [0.4, 0.5) is 4.39 Å². The molecule has 96 valence electrons. The van der Waals surface area contributed by atoms with Gasteiger partial charge in [-0.1, -0.05) is 24.3 Å². The highest BCUT2D eigenvalue weighted by molar-refractivity contribution is 5.84. The van der Waals surface area contributed by atoms with E-state index < -0.39 is 0 Å². The predicted molar refractivity (Wildman–Crippen MR) is 73.7 cm³/mol. The van der Waals surface area contributed by atoms with Crippen LogP contribution in [0.2, 0.25) is 0 Å². The summed E-state index contributed by atoms with van der Waals surface area (Å²) in [6.07, 6.45) is 1.91. The summed E-state index contributed by atoms with van der Waals surface area (Å²) >= 11 is 0. The number of hydrogen-bond donors (Lipinski definition) is 0. The number of ether oxygens (including phenoxy) is 1. The van der Waals surface area contributed by atoms with Gasteiger partial charge in [0.2, 0.25) is 0 Å². The minimum Gasteiger partial charge on any atom is -0.489 e. The molecule has 2 aromatic carbocycles. The van der Waals surface area contributed by atoms with Gasteiger partial charge in [-0.2, -0.15) is 0 Å². The molecule has 3 aromatic rings. The standard InChI is InChI=1S/C16H14FNO/c1-18-10-12(11-19-13-6-3-2-4-7-13)16-14(17)8-5-9-15(16)18/h2-10H,11H2,1H3. The van der Waals surface area contributed by atoms with Crippen molar-refractivity contribution in [3.63, 3.8) is 0 Å². The zero-order valence-corrected chi connectivity index (χ0v) is 10.6. The molecule has 0 saturated carbocycles. The first-order chi connectivity index (χ1) is 9.25. The van der Waals surface area contributed by atoms with E-state index in [2.05, 4.69) is 0 Å². The van der Waals surface area contributed by atoms with Crippen LogP contribution in [0.5, 0.6) is 5.75 Å². The maximum atomic E-state index is 13.9. The summed E-state index contributed by atoms with van der Waals surface area (Å²) in [7, 11) is 1.91. The van der Waals surface area contributed by atoms with Crippen LogP contribution in [0.15, 0.2) is 54.7 Å². The minimum atomic E-state index is -0.204. The Labute approximate surface area is 111 Å². The average molecular weight is 255 g/mol. The SMILES string of the molecule is Cn1cc(COc2ccccc2)c2c(F)cccc21. The van der Waals surface area contributed by atoms with E-state index in [9.17, 15) is 4.39 Å². The third-order valence-corrected chi connectivity index (χ3v) is 3.18. The number of aryl methyl sites for hydroxylation is 1. The first-order valence-corrected chi connectivity index (χ1v) is 6.16. The molecule has 0 amide bonds. The number of hydrogen-bond acceptors (Lipinski definition) is 1. The maximum Gasteiger partial charge on any atom is 0.132 e. The fourth-order valence-corrected chi connectivity index (χ4v) is 2.28. The normalized spacial score (nSPS) is 10.8. The van der Waals surface area contributed by atoms with Gasteiger partial charge in [0.25, 0.3) is 0 Å². The summed E-state index contributed by atoms with van der Waals surface area (Å²) in [5, 5.41) is 0.640. The number of para-hydroxylation sites is 1. The zero-order chi connectivity index (χ0) is 13.2. The second-order valence-corrected chi connectivity index (χ2v) is 4.50. The monoisotopic (exact) mass is 255 g/mol. The van der Waals surface area contributed by atoms with Crippen LogP contribution in [0.25, 0.3) is 10.9 Å². The van der Waals surface area contributed by atoms with E-state index >= 15 is 0 Å². The molecule has 0 aliphatic carbocycles. The Hall–Kier alpha value is -2.29. The van der Waals surface area contributed by atoms with Gasteiger partial charge in [0, 0.05) is 24.2 Å². The Bertz CT molecular complexity index is 703. The fourth-order valence-electron chi connectivity index (χ4n) is 2.28.